The zero-order chi connectivity index (χ0) is 22.2. The van der Waals surface area contributed by atoms with Gasteiger partial charge in [0.15, 0.2) is 5.82 Å². The lowest BCUT2D eigenvalue weighted by Gasteiger charge is -2.12. The molecule has 5 aromatic carbocycles. The second-order valence-electron chi connectivity index (χ2n) is 8.03. The second-order valence-corrected chi connectivity index (χ2v) is 8.42. The zero-order valence-corrected chi connectivity index (χ0v) is 18.5. The highest BCUT2D eigenvalue weighted by Crippen LogP contribution is 2.35. The Hall–Kier alpha value is -4.01. The van der Waals surface area contributed by atoms with Gasteiger partial charge in [-0.05, 0) is 38.7 Å². The summed E-state index contributed by atoms with van der Waals surface area (Å²) >= 11 is 6.38. The van der Waals surface area contributed by atoms with Gasteiger partial charge in [0.05, 0.1) is 5.69 Å². The monoisotopic (exact) mass is 442 g/mol. The van der Waals surface area contributed by atoms with Crippen molar-refractivity contribution in [2.45, 2.75) is 0 Å². The van der Waals surface area contributed by atoms with E-state index in [4.69, 9.17) is 16.6 Å². The first-order chi connectivity index (χ1) is 16.3. The molecule has 0 fully saturated rings. The van der Waals surface area contributed by atoms with Gasteiger partial charge in [-0.15, -0.1) is 0 Å². The molecule has 0 amide bonds. The van der Waals surface area contributed by atoms with Crippen LogP contribution in [-0.2, 0) is 0 Å². The van der Waals surface area contributed by atoms with E-state index in [2.05, 4.69) is 83.8 Å². The summed E-state index contributed by atoms with van der Waals surface area (Å²) in [6.45, 7) is 0. The van der Waals surface area contributed by atoms with Gasteiger partial charge in [0.2, 0.25) is 0 Å². The third-order valence-electron chi connectivity index (χ3n) is 5.98. The molecule has 156 valence electrons. The lowest BCUT2D eigenvalue weighted by molar-refractivity contribution is 1.18. The number of aromatic nitrogens is 2. The van der Waals surface area contributed by atoms with Crippen molar-refractivity contribution in [1.82, 2.24) is 9.97 Å². The maximum Gasteiger partial charge on any atom is 0.161 e. The average Bonchev–Trinajstić information content (AvgIpc) is 2.88. The fourth-order valence-corrected chi connectivity index (χ4v) is 4.60. The fourth-order valence-electron chi connectivity index (χ4n) is 4.42. The minimum Gasteiger partial charge on any atom is -0.228 e. The van der Waals surface area contributed by atoms with Crippen LogP contribution in [0, 0.1) is 0 Å². The van der Waals surface area contributed by atoms with Gasteiger partial charge in [-0.1, -0.05) is 115 Å². The normalized spacial score (nSPS) is 11.2. The SMILES string of the molecule is Clc1cc(-c2ccccc2)nc(-c2ccc3c(-c4cccc5ccccc45)cccc3c2)n1. The molecule has 1 heterocycles. The van der Waals surface area contributed by atoms with E-state index in [9.17, 15) is 0 Å². The number of halogens is 1. The van der Waals surface area contributed by atoms with Crippen LogP contribution in [0.5, 0.6) is 0 Å². The van der Waals surface area contributed by atoms with Crippen LogP contribution in [0.2, 0.25) is 5.15 Å². The number of hydrogen-bond donors (Lipinski definition) is 0. The zero-order valence-electron chi connectivity index (χ0n) is 17.7. The molecule has 3 heteroatoms. The Morgan fingerprint density at radius 3 is 1.97 bits per heavy atom. The van der Waals surface area contributed by atoms with Crippen molar-refractivity contribution >= 4 is 33.1 Å². The molecule has 0 atom stereocenters. The van der Waals surface area contributed by atoms with Crippen LogP contribution >= 0.6 is 11.6 Å². The third-order valence-corrected chi connectivity index (χ3v) is 6.18. The number of hydrogen-bond acceptors (Lipinski definition) is 2. The van der Waals surface area contributed by atoms with Gasteiger partial charge in [0.25, 0.3) is 0 Å². The molecule has 0 aliphatic carbocycles. The average molecular weight is 443 g/mol. The van der Waals surface area contributed by atoms with E-state index in [1.807, 2.05) is 30.3 Å². The van der Waals surface area contributed by atoms with Crippen molar-refractivity contribution in [3.05, 3.63) is 120 Å². The Morgan fingerprint density at radius 1 is 0.485 bits per heavy atom. The van der Waals surface area contributed by atoms with Crippen LogP contribution in [0.25, 0.3) is 55.3 Å². The van der Waals surface area contributed by atoms with Crippen molar-refractivity contribution in [2.24, 2.45) is 0 Å². The Labute approximate surface area is 197 Å². The Balaban J connectivity index is 1.50. The minimum absolute atomic E-state index is 0.434. The first kappa shape index (κ1) is 19.7. The standard InChI is InChI=1S/C30H19ClN2/c31-29-19-28(21-9-2-1-3-10-21)32-30(33-29)23-16-17-25-22(18-23)12-7-15-27(25)26-14-6-11-20-8-4-5-13-24(20)26/h1-19H. The molecule has 0 radical (unpaired) electrons. The molecular weight excluding hydrogens is 424 g/mol. The third kappa shape index (κ3) is 3.65. The summed E-state index contributed by atoms with van der Waals surface area (Å²) in [5, 5.41) is 5.26. The molecule has 0 spiro atoms. The van der Waals surface area contributed by atoms with Crippen molar-refractivity contribution in [2.75, 3.05) is 0 Å². The van der Waals surface area contributed by atoms with Crippen LogP contribution in [-0.4, -0.2) is 9.97 Å². The largest absolute Gasteiger partial charge is 0.228 e. The summed E-state index contributed by atoms with van der Waals surface area (Å²) < 4.78 is 0. The van der Waals surface area contributed by atoms with Gasteiger partial charge in [-0.2, -0.15) is 0 Å². The Kier molecular flexibility index (Phi) is 4.86. The van der Waals surface area contributed by atoms with Gasteiger partial charge < -0.3 is 0 Å². The Bertz CT molecular complexity index is 1620. The lowest BCUT2D eigenvalue weighted by atomic mass is 9.93. The molecule has 0 aliphatic rings. The van der Waals surface area contributed by atoms with Crippen molar-refractivity contribution < 1.29 is 0 Å². The van der Waals surface area contributed by atoms with Gasteiger partial charge in [-0.3, -0.25) is 0 Å². The second kappa shape index (κ2) is 8.16. The van der Waals surface area contributed by atoms with E-state index in [1.54, 1.807) is 6.07 Å². The minimum atomic E-state index is 0.434. The highest BCUT2D eigenvalue weighted by atomic mass is 35.5. The first-order valence-corrected chi connectivity index (χ1v) is 11.3. The van der Waals surface area contributed by atoms with Crippen molar-refractivity contribution in [1.29, 1.82) is 0 Å². The summed E-state index contributed by atoms with van der Waals surface area (Å²) in [4.78, 5) is 9.32. The van der Waals surface area contributed by atoms with Crippen LogP contribution in [0.15, 0.2) is 115 Å². The quantitative estimate of drug-likeness (QED) is 0.257. The summed E-state index contributed by atoms with van der Waals surface area (Å²) in [6.07, 6.45) is 0. The fraction of sp³-hybridized carbons (Fsp3) is 0. The van der Waals surface area contributed by atoms with Crippen LogP contribution in [0.1, 0.15) is 0 Å². The maximum absolute atomic E-state index is 6.38. The van der Waals surface area contributed by atoms with E-state index >= 15 is 0 Å². The highest BCUT2D eigenvalue weighted by molar-refractivity contribution is 6.29. The summed E-state index contributed by atoms with van der Waals surface area (Å²) in [5.74, 6) is 0.624. The van der Waals surface area contributed by atoms with Crippen LogP contribution in [0.3, 0.4) is 0 Å². The molecule has 0 unspecified atom stereocenters. The molecular formula is C30H19ClN2. The number of benzene rings is 5. The van der Waals surface area contributed by atoms with E-state index in [1.165, 1.54) is 27.3 Å². The molecule has 0 saturated carbocycles. The first-order valence-electron chi connectivity index (χ1n) is 10.9. The lowest BCUT2D eigenvalue weighted by Crippen LogP contribution is -1.93. The van der Waals surface area contributed by atoms with Gasteiger partial charge in [-0.25, -0.2) is 9.97 Å². The molecule has 33 heavy (non-hydrogen) atoms. The van der Waals surface area contributed by atoms with E-state index in [0.29, 0.717) is 11.0 Å². The molecule has 6 aromatic rings. The van der Waals surface area contributed by atoms with Gasteiger partial charge >= 0.3 is 0 Å². The van der Waals surface area contributed by atoms with Gasteiger partial charge in [0.1, 0.15) is 5.15 Å². The molecule has 0 aliphatic heterocycles. The van der Waals surface area contributed by atoms with Crippen molar-refractivity contribution in [3.63, 3.8) is 0 Å². The number of fused-ring (bicyclic) bond motifs is 2. The number of rotatable bonds is 3. The molecule has 6 rings (SSSR count). The van der Waals surface area contributed by atoms with E-state index in [0.717, 1.165) is 22.2 Å². The van der Waals surface area contributed by atoms with Gasteiger partial charge in [0, 0.05) is 17.2 Å². The summed E-state index contributed by atoms with van der Waals surface area (Å²) in [5.41, 5.74) is 5.22. The number of nitrogens with zero attached hydrogens (tertiary/aromatic N) is 2. The molecule has 0 saturated heterocycles. The Morgan fingerprint density at radius 2 is 1.15 bits per heavy atom. The van der Waals surface area contributed by atoms with Crippen LogP contribution in [0.4, 0.5) is 0 Å². The molecule has 0 N–H and O–H groups in total. The summed E-state index contributed by atoms with van der Waals surface area (Å²) in [6, 6.07) is 39.6. The topological polar surface area (TPSA) is 25.8 Å². The predicted octanol–water partition coefficient (Wildman–Crippen LogP) is 8.44. The molecule has 2 nitrogen and oxygen atoms in total. The van der Waals surface area contributed by atoms with E-state index < -0.39 is 0 Å². The van der Waals surface area contributed by atoms with E-state index in [-0.39, 0.29) is 0 Å². The maximum atomic E-state index is 6.38. The van der Waals surface area contributed by atoms with Crippen LogP contribution < -0.4 is 0 Å². The predicted molar refractivity (Wildman–Crippen MR) is 138 cm³/mol. The molecule has 1 aromatic heterocycles. The summed E-state index contributed by atoms with van der Waals surface area (Å²) in [7, 11) is 0. The smallest absolute Gasteiger partial charge is 0.161 e. The van der Waals surface area contributed by atoms with Crippen molar-refractivity contribution in [3.8, 4) is 33.8 Å². The highest BCUT2D eigenvalue weighted by Gasteiger charge is 2.11. The molecule has 0 bridgehead atoms.